The van der Waals surface area contributed by atoms with Crippen molar-refractivity contribution in [3.8, 4) is 0 Å². The first-order valence-electron chi connectivity index (χ1n) is 5.89. The summed E-state index contributed by atoms with van der Waals surface area (Å²) in [5.41, 5.74) is 2.89. The minimum atomic E-state index is -0.00193. The molecule has 1 N–H and O–H groups in total. The van der Waals surface area contributed by atoms with E-state index >= 15 is 0 Å². The number of carbonyl (C=O) groups is 1. The lowest BCUT2D eigenvalue weighted by Gasteiger charge is -2.04. The van der Waals surface area contributed by atoms with Gasteiger partial charge in [0.2, 0.25) is 5.91 Å². The third kappa shape index (κ3) is 2.72. The Morgan fingerprint density at radius 2 is 2.22 bits per heavy atom. The molecule has 2 heterocycles. The van der Waals surface area contributed by atoms with Crippen LogP contribution < -0.4 is 5.32 Å². The number of hydrogen-bond acceptors (Lipinski definition) is 2. The Labute approximate surface area is 115 Å². The lowest BCUT2D eigenvalue weighted by molar-refractivity contribution is -0.124. The van der Waals surface area contributed by atoms with Crippen LogP contribution in [-0.2, 0) is 11.3 Å². The molecule has 2 aromatic heterocycles. The number of nitrogens with one attached hydrogen (secondary N) is 1. The molecule has 18 heavy (non-hydrogen) atoms. The zero-order valence-electron chi connectivity index (χ0n) is 10.7. The molecule has 5 heteroatoms. The minimum Gasteiger partial charge on any atom is -0.350 e. The van der Waals surface area contributed by atoms with Crippen LogP contribution in [0.1, 0.15) is 25.1 Å². The Balaban J connectivity index is 2.20. The fourth-order valence-electron chi connectivity index (χ4n) is 1.74. The first kappa shape index (κ1) is 13.1. The maximum Gasteiger partial charge on any atom is 0.222 e. The van der Waals surface area contributed by atoms with Gasteiger partial charge in [0.15, 0.2) is 0 Å². The van der Waals surface area contributed by atoms with Crippen molar-refractivity contribution in [3.05, 3.63) is 34.2 Å². The molecular formula is C13H16BrN3O. The maximum absolute atomic E-state index is 11.5. The monoisotopic (exact) mass is 309 g/mol. The molecule has 96 valence electrons. The normalized spacial score (nSPS) is 11.2. The number of aromatic nitrogens is 2. The Morgan fingerprint density at radius 1 is 1.50 bits per heavy atom. The number of aryl methyl sites for hydroxylation is 1. The number of pyridine rings is 1. The van der Waals surface area contributed by atoms with E-state index in [4.69, 9.17) is 0 Å². The fraction of sp³-hybridized carbons (Fsp3) is 0.385. The third-order valence-corrected chi connectivity index (χ3v) is 3.15. The molecule has 0 saturated carbocycles. The molecule has 0 unspecified atom stereocenters. The van der Waals surface area contributed by atoms with E-state index in [1.807, 2.05) is 43.6 Å². The van der Waals surface area contributed by atoms with Gasteiger partial charge in [-0.1, -0.05) is 13.8 Å². The van der Waals surface area contributed by atoms with Crippen LogP contribution >= 0.6 is 15.9 Å². The lowest BCUT2D eigenvalue weighted by atomic mass is 10.2. The summed E-state index contributed by atoms with van der Waals surface area (Å²) in [5, 5.41) is 2.87. The smallest absolute Gasteiger partial charge is 0.222 e. The summed E-state index contributed by atoms with van der Waals surface area (Å²) in [4.78, 5) is 16.0. The highest BCUT2D eigenvalue weighted by atomic mass is 79.9. The van der Waals surface area contributed by atoms with E-state index < -0.39 is 0 Å². The second-order valence-corrected chi connectivity index (χ2v) is 5.59. The predicted molar refractivity (Wildman–Crippen MR) is 74.3 cm³/mol. The van der Waals surface area contributed by atoms with E-state index in [0.29, 0.717) is 6.54 Å². The Morgan fingerprint density at radius 3 is 2.89 bits per heavy atom. The second kappa shape index (κ2) is 5.10. The van der Waals surface area contributed by atoms with Gasteiger partial charge in [0.05, 0.1) is 12.2 Å². The van der Waals surface area contributed by atoms with Gasteiger partial charge in [0, 0.05) is 22.8 Å². The van der Waals surface area contributed by atoms with Crippen molar-refractivity contribution in [2.45, 2.75) is 27.3 Å². The number of hydrogen-bond donors (Lipinski definition) is 1. The van der Waals surface area contributed by atoms with Gasteiger partial charge in [0.25, 0.3) is 0 Å². The van der Waals surface area contributed by atoms with E-state index in [1.165, 1.54) is 0 Å². The molecule has 0 aliphatic heterocycles. The molecule has 2 rings (SSSR count). The number of halogens is 1. The Hall–Kier alpha value is -1.36. The number of carbonyl (C=O) groups excluding carboxylic acids is 1. The largest absolute Gasteiger partial charge is 0.350 e. The summed E-state index contributed by atoms with van der Waals surface area (Å²) >= 11 is 3.46. The van der Waals surface area contributed by atoms with Crippen molar-refractivity contribution < 1.29 is 4.79 Å². The molecule has 0 spiro atoms. The van der Waals surface area contributed by atoms with Crippen LogP contribution in [0.15, 0.2) is 22.9 Å². The summed E-state index contributed by atoms with van der Waals surface area (Å²) < 4.78 is 2.98. The number of amides is 1. The van der Waals surface area contributed by atoms with Crippen molar-refractivity contribution in [1.82, 2.24) is 14.7 Å². The molecule has 0 fully saturated rings. The topological polar surface area (TPSA) is 46.4 Å². The summed E-state index contributed by atoms with van der Waals surface area (Å²) in [5.74, 6) is 0.0443. The van der Waals surface area contributed by atoms with Crippen molar-refractivity contribution in [3.63, 3.8) is 0 Å². The van der Waals surface area contributed by atoms with Gasteiger partial charge in [-0.25, -0.2) is 4.98 Å². The van der Waals surface area contributed by atoms with Crippen molar-refractivity contribution >= 4 is 27.5 Å². The predicted octanol–water partition coefficient (Wildman–Crippen LogP) is 2.68. The van der Waals surface area contributed by atoms with Crippen LogP contribution in [0.3, 0.4) is 0 Å². The first-order chi connectivity index (χ1) is 8.47. The highest BCUT2D eigenvalue weighted by Crippen LogP contribution is 2.17. The zero-order chi connectivity index (χ0) is 13.3. The molecule has 1 amide bonds. The van der Waals surface area contributed by atoms with E-state index in [0.717, 1.165) is 21.4 Å². The van der Waals surface area contributed by atoms with Crippen LogP contribution in [0.25, 0.3) is 5.65 Å². The number of nitrogens with zero attached hydrogens (tertiary/aromatic N) is 2. The van der Waals surface area contributed by atoms with Crippen LogP contribution in [-0.4, -0.2) is 15.3 Å². The van der Waals surface area contributed by atoms with Crippen LogP contribution in [0.2, 0.25) is 0 Å². The standard InChI is InChI=1S/C13H16BrN3O/c1-8(2)13(18)15-5-11-7-17-6-10(14)4-9(3)12(17)16-11/h4,6-8H,5H2,1-3H3,(H,15,18). The lowest BCUT2D eigenvalue weighted by Crippen LogP contribution is -2.27. The van der Waals surface area contributed by atoms with Gasteiger partial charge in [0.1, 0.15) is 5.65 Å². The van der Waals surface area contributed by atoms with E-state index in [-0.39, 0.29) is 11.8 Å². The van der Waals surface area contributed by atoms with Crippen molar-refractivity contribution in [2.24, 2.45) is 5.92 Å². The maximum atomic E-state index is 11.5. The summed E-state index contributed by atoms with van der Waals surface area (Å²) in [7, 11) is 0. The summed E-state index contributed by atoms with van der Waals surface area (Å²) in [6.45, 7) is 6.24. The average Bonchev–Trinajstić information content (AvgIpc) is 2.68. The van der Waals surface area contributed by atoms with E-state index in [1.54, 1.807) is 0 Å². The summed E-state index contributed by atoms with van der Waals surface area (Å²) in [6.07, 6.45) is 3.90. The summed E-state index contributed by atoms with van der Waals surface area (Å²) in [6, 6.07) is 2.03. The molecule has 0 aliphatic carbocycles. The molecule has 0 bridgehead atoms. The van der Waals surface area contributed by atoms with Crippen molar-refractivity contribution in [2.75, 3.05) is 0 Å². The quantitative estimate of drug-likeness (QED) is 0.947. The van der Waals surface area contributed by atoms with Crippen molar-refractivity contribution in [1.29, 1.82) is 0 Å². The average molecular weight is 310 g/mol. The van der Waals surface area contributed by atoms with E-state index in [2.05, 4.69) is 26.2 Å². The highest BCUT2D eigenvalue weighted by Gasteiger charge is 2.09. The van der Waals surface area contributed by atoms with Gasteiger partial charge < -0.3 is 9.72 Å². The first-order valence-corrected chi connectivity index (χ1v) is 6.68. The third-order valence-electron chi connectivity index (χ3n) is 2.72. The molecule has 0 atom stereocenters. The molecule has 2 aromatic rings. The van der Waals surface area contributed by atoms with Crippen LogP contribution in [0, 0.1) is 12.8 Å². The molecular weight excluding hydrogens is 294 g/mol. The fourth-order valence-corrected chi connectivity index (χ4v) is 2.31. The SMILES string of the molecule is Cc1cc(Br)cn2cc(CNC(=O)C(C)C)nc12. The number of imidazole rings is 1. The molecule has 0 aliphatic rings. The van der Waals surface area contributed by atoms with Gasteiger partial charge in [-0.3, -0.25) is 4.79 Å². The van der Waals surface area contributed by atoms with Gasteiger partial charge in [-0.2, -0.15) is 0 Å². The van der Waals surface area contributed by atoms with Crippen LogP contribution in [0.5, 0.6) is 0 Å². The van der Waals surface area contributed by atoms with E-state index in [9.17, 15) is 4.79 Å². The number of fused-ring (bicyclic) bond motifs is 1. The zero-order valence-corrected chi connectivity index (χ0v) is 12.3. The highest BCUT2D eigenvalue weighted by molar-refractivity contribution is 9.10. The minimum absolute atomic E-state index is 0.00193. The molecule has 4 nitrogen and oxygen atoms in total. The Kier molecular flexibility index (Phi) is 3.71. The van der Waals surface area contributed by atoms with Crippen LogP contribution in [0.4, 0.5) is 0 Å². The van der Waals surface area contributed by atoms with Gasteiger partial charge >= 0.3 is 0 Å². The number of rotatable bonds is 3. The Bertz CT molecular complexity index is 589. The van der Waals surface area contributed by atoms with Gasteiger partial charge in [-0.05, 0) is 34.5 Å². The van der Waals surface area contributed by atoms with Gasteiger partial charge in [-0.15, -0.1) is 0 Å². The molecule has 0 aromatic carbocycles. The molecule has 0 saturated heterocycles. The second-order valence-electron chi connectivity index (χ2n) is 4.68. The molecule has 0 radical (unpaired) electrons.